The molecule has 0 bridgehead atoms. The van der Waals surface area contributed by atoms with E-state index in [1.54, 1.807) is 6.92 Å². The highest BCUT2D eigenvalue weighted by Gasteiger charge is 2.19. The van der Waals surface area contributed by atoms with E-state index in [2.05, 4.69) is 26.1 Å². The maximum Gasteiger partial charge on any atom is 0.396 e. The molecule has 0 N–H and O–H groups in total. The van der Waals surface area contributed by atoms with E-state index in [-0.39, 0.29) is 32.7 Å². The van der Waals surface area contributed by atoms with Crippen LogP contribution in [-0.4, -0.2) is 22.8 Å². The highest BCUT2D eigenvalue weighted by atomic mass is 79.9. The Morgan fingerprint density at radius 1 is 1.57 bits per heavy atom. The number of rotatable bonds is 4. The summed E-state index contributed by atoms with van der Waals surface area (Å²) in [5, 5.41) is 15.9. The van der Waals surface area contributed by atoms with Gasteiger partial charge in [-0.15, -0.1) is 5.10 Å². The summed E-state index contributed by atoms with van der Waals surface area (Å²) in [6, 6.07) is 4.72. The molecule has 21 heavy (non-hydrogen) atoms. The minimum absolute atomic E-state index is 0.00596. The molecular formula is C12H7BrFN3O3S. The zero-order valence-corrected chi connectivity index (χ0v) is 13.0. The fourth-order valence-electron chi connectivity index (χ4n) is 1.32. The van der Waals surface area contributed by atoms with Crippen LogP contribution in [0.4, 0.5) is 4.39 Å². The predicted octanol–water partition coefficient (Wildman–Crippen LogP) is 3.17. The Morgan fingerprint density at radius 3 is 3.00 bits per heavy atom. The molecule has 0 aliphatic carbocycles. The summed E-state index contributed by atoms with van der Waals surface area (Å²) in [6.45, 7) is 1.83. The van der Waals surface area contributed by atoms with Gasteiger partial charge in [-0.05, 0) is 46.7 Å². The van der Waals surface area contributed by atoms with Crippen LogP contribution < -0.4 is 0 Å². The van der Waals surface area contributed by atoms with Crippen molar-refractivity contribution < 1.29 is 18.3 Å². The quantitative estimate of drug-likeness (QED) is 0.762. The lowest BCUT2D eigenvalue weighted by Gasteiger charge is -2.02. The first-order valence-corrected chi connectivity index (χ1v) is 7.24. The average molecular weight is 372 g/mol. The van der Waals surface area contributed by atoms with Crippen molar-refractivity contribution in [1.29, 1.82) is 5.26 Å². The summed E-state index contributed by atoms with van der Waals surface area (Å²) in [5.74, 6) is -1.65. The highest BCUT2D eigenvalue weighted by Crippen LogP contribution is 2.33. The van der Waals surface area contributed by atoms with Gasteiger partial charge in [-0.2, -0.15) is 5.26 Å². The van der Waals surface area contributed by atoms with Gasteiger partial charge in [0.15, 0.2) is 5.82 Å². The van der Waals surface area contributed by atoms with E-state index in [0.717, 1.165) is 11.8 Å². The van der Waals surface area contributed by atoms with Gasteiger partial charge < -0.3 is 9.15 Å². The van der Waals surface area contributed by atoms with Crippen LogP contribution in [0.25, 0.3) is 0 Å². The molecule has 0 unspecified atom stereocenters. The predicted molar refractivity (Wildman–Crippen MR) is 73.2 cm³/mol. The summed E-state index contributed by atoms with van der Waals surface area (Å²) in [4.78, 5) is 11.6. The van der Waals surface area contributed by atoms with E-state index < -0.39 is 11.8 Å². The second-order valence-corrected chi connectivity index (χ2v) is 5.33. The monoisotopic (exact) mass is 371 g/mol. The van der Waals surface area contributed by atoms with Gasteiger partial charge in [-0.25, -0.2) is 9.18 Å². The van der Waals surface area contributed by atoms with Gasteiger partial charge in [0.25, 0.3) is 5.22 Å². The van der Waals surface area contributed by atoms with Crippen LogP contribution >= 0.6 is 27.7 Å². The lowest BCUT2D eigenvalue weighted by Crippen LogP contribution is -2.04. The average Bonchev–Trinajstić information content (AvgIpc) is 2.93. The SMILES string of the molecule is CCOC(=O)c1nnc(Sc2ccc(C#N)c(Br)c2F)o1. The molecule has 2 aromatic rings. The van der Waals surface area contributed by atoms with Crippen LogP contribution in [0.3, 0.4) is 0 Å². The molecule has 0 radical (unpaired) electrons. The smallest absolute Gasteiger partial charge is 0.396 e. The van der Waals surface area contributed by atoms with Gasteiger partial charge in [0, 0.05) is 0 Å². The maximum absolute atomic E-state index is 14.0. The molecule has 1 aromatic heterocycles. The molecule has 0 spiro atoms. The molecule has 0 saturated carbocycles. The number of nitriles is 1. The van der Waals surface area contributed by atoms with Crippen LogP contribution in [0.1, 0.15) is 23.2 Å². The molecule has 1 aromatic carbocycles. The summed E-state index contributed by atoms with van der Waals surface area (Å²) in [5.41, 5.74) is 0.176. The number of carbonyl (C=O) groups excluding carboxylic acids is 1. The van der Waals surface area contributed by atoms with E-state index in [9.17, 15) is 9.18 Å². The topological polar surface area (TPSA) is 89.0 Å². The third-order valence-electron chi connectivity index (χ3n) is 2.22. The lowest BCUT2D eigenvalue weighted by molar-refractivity contribution is 0.0475. The number of esters is 1. The molecule has 1 heterocycles. The summed E-state index contributed by atoms with van der Waals surface area (Å²) in [7, 11) is 0. The zero-order chi connectivity index (χ0) is 15.4. The second kappa shape index (κ2) is 6.69. The van der Waals surface area contributed by atoms with E-state index >= 15 is 0 Å². The van der Waals surface area contributed by atoms with Crippen molar-refractivity contribution in [2.24, 2.45) is 0 Å². The van der Waals surface area contributed by atoms with Crippen LogP contribution in [0.5, 0.6) is 0 Å². The molecular weight excluding hydrogens is 365 g/mol. The molecule has 0 aliphatic heterocycles. The Hall–Kier alpha value is -1.92. The van der Waals surface area contributed by atoms with Crippen LogP contribution in [0, 0.1) is 17.1 Å². The Morgan fingerprint density at radius 2 is 2.33 bits per heavy atom. The molecule has 0 aliphatic rings. The summed E-state index contributed by atoms with van der Waals surface area (Å²) < 4.78 is 23.9. The third-order valence-corrected chi connectivity index (χ3v) is 3.87. The molecule has 0 fully saturated rings. The fraction of sp³-hybridized carbons (Fsp3) is 0.167. The van der Waals surface area contributed by atoms with E-state index in [1.165, 1.54) is 12.1 Å². The minimum atomic E-state index is -0.738. The van der Waals surface area contributed by atoms with Crippen molar-refractivity contribution in [3.63, 3.8) is 0 Å². The number of benzene rings is 1. The van der Waals surface area contributed by atoms with Crippen molar-refractivity contribution >= 4 is 33.7 Å². The normalized spacial score (nSPS) is 10.2. The van der Waals surface area contributed by atoms with E-state index in [0.29, 0.717) is 0 Å². The molecule has 6 nitrogen and oxygen atoms in total. The molecule has 0 atom stereocenters. The van der Waals surface area contributed by atoms with Crippen molar-refractivity contribution in [2.45, 2.75) is 17.0 Å². The van der Waals surface area contributed by atoms with Crippen molar-refractivity contribution in [2.75, 3.05) is 6.61 Å². The number of aromatic nitrogens is 2. The number of halogens is 2. The number of ether oxygens (including phenoxy) is 1. The first-order chi connectivity index (χ1) is 10.1. The van der Waals surface area contributed by atoms with E-state index in [1.807, 2.05) is 6.07 Å². The van der Waals surface area contributed by atoms with Crippen molar-refractivity contribution in [3.05, 3.63) is 33.9 Å². The van der Waals surface area contributed by atoms with Gasteiger partial charge >= 0.3 is 11.9 Å². The van der Waals surface area contributed by atoms with Gasteiger partial charge in [0.05, 0.1) is 21.5 Å². The minimum Gasteiger partial charge on any atom is -0.459 e. The Balaban J connectivity index is 2.22. The molecule has 9 heteroatoms. The first kappa shape index (κ1) is 15.5. The van der Waals surface area contributed by atoms with Gasteiger partial charge in [0.1, 0.15) is 6.07 Å². The fourth-order valence-corrected chi connectivity index (χ4v) is 2.60. The Labute approximate surface area is 131 Å². The molecule has 0 amide bonds. The number of nitrogens with zero attached hydrogens (tertiary/aromatic N) is 3. The summed E-state index contributed by atoms with van der Waals surface area (Å²) >= 11 is 3.84. The second-order valence-electron chi connectivity index (χ2n) is 3.55. The zero-order valence-electron chi connectivity index (χ0n) is 10.6. The van der Waals surface area contributed by atoms with Crippen molar-refractivity contribution in [1.82, 2.24) is 10.2 Å². The van der Waals surface area contributed by atoms with Gasteiger partial charge in [-0.3, -0.25) is 0 Å². The largest absolute Gasteiger partial charge is 0.459 e. The van der Waals surface area contributed by atoms with Crippen LogP contribution in [0.2, 0.25) is 0 Å². The first-order valence-electron chi connectivity index (χ1n) is 5.63. The number of hydrogen-bond donors (Lipinski definition) is 0. The van der Waals surface area contributed by atoms with Crippen molar-refractivity contribution in [3.8, 4) is 6.07 Å². The van der Waals surface area contributed by atoms with Gasteiger partial charge in [0.2, 0.25) is 0 Å². The van der Waals surface area contributed by atoms with E-state index in [4.69, 9.17) is 14.4 Å². The third kappa shape index (κ3) is 3.40. The molecule has 108 valence electrons. The highest BCUT2D eigenvalue weighted by molar-refractivity contribution is 9.10. The van der Waals surface area contributed by atoms with Crippen LogP contribution in [-0.2, 0) is 4.74 Å². The number of carbonyl (C=O) groups is 1. The summed E-state index contributed by atoms with van der Waals surface area (Å²) in [6.07, 6.45) is 0. The lowest BCUT2D eigenvalue weighted by atomic mass is 10.2. The molecule has 2 rings (SSSR count). The standard InChI is InChI=1S/C12H7BrFN3O3S/c1-2-19-11(18)10-16-17-12(20-10)21-7-4-3-6(5-15)8(13)9(7)14/h3-4H,2H2,1H3. The maximum atomic E-state index is 14.0. The van der Waals surface area contributed by atoms with Gasteiger partial charge in [-0.1, -0.05) is 5.10 Å². The molecule has 0 saturated heterocycles. The Bertz CT molecular complexity index is 729. The number of hydrogen-bond acceptors (Lipinski definition) is 7. The Kier molecular flexibility index (Phi) is 4.93. The van der Waals surface area contributed by atoms with Crippen LogP contribution in [0.15, 0.2) is 31.1 Å².